The van der Waals surface area contributed by atoms with Gasteiger partial charge in [0, 0.05) is 6.42 Å². The van der Waals surface area contributed by atoms with Crippen molar-refractivity contribution < 1.29 is 13.0 Å². The molecule has 0 atom stereocenters. The van der Waals surface area contributed by atoms with Gasteiger partial charge in [0.1, 0.15) is 0 Å². The van der Waals surface area contributed by atoms with Crippen molar-refractivity contribution >= 4 is 10.1 Å². The van der Waals surface area contributed by atoms with E-state index in [1.165, 1.54) is 0 Å². The van der Waals surface area contributed by atoms with Crippen LogP contribution in [0.1, 0.15) is 19.3 Å². The van der Waals surface area contributed by atoms with Crippen molar-refractivity contribution in [2.45, 2.75) is 19.3 Å². The summed E-state index contributed by atoms with van der Waals surface area (Å²) >= 11 is 0. The highest BCUT2D eigenvalue weighted by Crippen LogP contribution is 1.96. The summed E-state index contributed by atoms with van der Waals surface area (Å²) in [5.74, 6) is 2.19. The molecule has 0 aliphatic heterocycles. The monoisotopic (exact) mass is 162 g/mol. The van der Waals surface area contributed by atoms with Crippen molar-refractivity contribution in [3.63, 3.8) is 0 Å². The van der Waals surface area contributed by atoms with Crippen LogP contribution >= 0.6 is 0 Å². The molecule has 0 aromatic carbocycles. The van der Waals surface area contributed by atoms with Crippen molar-refractivity contribution in [2.24, 2.45) is 0 Å². The van der Waals surface area contributed by atoms with Crippen LogP contribution in [-0.2, 0) is 10.1 Å². The van der Waals surface area contributed by atoms with Crippen LogP contribution in [0.15, 0.2) is 0 Å². The Morgan fingerprint density at radius 2 is 2.00 bits per heavy atom. The second kappa shape index (κ2) is 4.31. The first kappa shape index (κ1) is 9.47. The molecule has 0 spiro atoms. The minimum Gasteiger partial charge on any atom is -0.286 e. The van der Waals surface area contributed by atoms with Gasteiger partial charge in [0.2, 0.25) is 0 Å². The molecule has 4 heteroatoms. The summed E-state index contributed by atoms with van der Waals surface area (Å²) in [4.78, 5) is 0. The third-order valence-electron chi connectivity index (χ3n) is 0.973. The molecule has 0 aromatic rings. The molecule has 3 nitrogen and oxygen atoms in total. The van der Waals surface area contributed by atoms with Crippen LogP contribution in [0.4, 0.5) is 0 Å². The molecule has 1 N–H and O–H groups in total. The summed E-state index contributed by atoms with van der Waals surface area (Å²) in [6.07, 6.45) is 6.56. The average Bonchev–Trinajstić information content (AvgIpc) is 1.78. The molecule has 10 heavy (non-hydrogen) atoms. The first-order chi connectivity index (χ1) is 4.56. The number of hydrogen-bond acceptors (Lipinski definition) is 2. The second-order valence-corrected chi connectivity index (χ2v) is 3.52. The summed E-state index contributed by atoms with van der Waals surface area (Å²) < 4.78 is 28.4. The molecular weight excluding hydrogens is 152 g/mol. The molecule has 0 amide bonds. The zero-order valence-corrected chi connectivity index (χ0v) is 6.39. The Balaban J connectivity index is 3.32. The van der Waals surface area contributed by atoms with E-state index in [2.05, 4.69) is 5.92 Å². The zero-order chi connectivity index (χ0) is 8.04. The van der Waals surface area contributed by atoms with Crippen molar-refractivity contribution in [3.05, 3.63) is 0 Å². The normalized spacial score (nSPS) is 10.8. The number of rotatable bonds is 4. The Labute approximate surface area is 61.2 Å². The minimum absolute atomic E-state index is 0.186. The van der Waals surface area contributed by atoms with Crippen molar-refractivity contribution in [3.8, 4) is 12.3 Å². The SMILES string of the molecule is C#CCCCCS(=O)(=O)O. The number of terminal acetylenes is 1. The van der Waals surface area contributed by atoms with Crippen LogP contribution in [0.3, 0.4) is 0 Å². The molecule has 0 saturated heterocycles. The summed E-state index contributed by atoms with van der Waals surface area (Å²) in [5, 5.41) is 0. The van der Waals surface area contributed by atoms with Gasteiger partial charge in [-0.15, -0.1) is 12.3 Å². The van der Waals surface area contributed by atoms with Gasteiger partial charge in [-0.25, -0.2) is 0 Å². The number of unbranched alkanes of at least 4 members (excludes halogenated alkanes) is 2. The Bertz CT molecular complexity index is 210. The minimum atomic E-state index is -3.77. The van der Waals surface area contributed by atoms with Crippen LogP contribution < -0.4 is 0 Å². The third kappa shape index (κ3) is 7.47. The van der Waals surface area contributed by atoms with E-state index in [4.69, 9.17) is 11.0 Å². The smallest absolute Gasteiger partial charge is 0.264 e. The summed E-state index contributed by atoms with van der Waals surface area (Å²) in [5.41, 5.74) is 0. The molecule has 0 aromatic heterocycles. The van der Waals surface area contributed by atoms with Crippen LogP contribution in [-0.4, -0.2) is 18.7 Å². The molecule has 0 rings (SSSR count). The molecule has 0 aliphatic carbocycles. The van der Waals surface area contributed by atoms with Gasteiger partial charge in [0.25, 0.3) is 10.1 Å². The van der Waals surface area contributed by atoms with E-state index in [9.17, 15) is 8.42 Å². The first-order valence-electron chi connectivity index (χ1n) is 2.95. The molecule has 0 radical (unpaired) electrons. The maximum Gasteiger partial charge on any atom is 0.264 e. The van der Waals surface area contributed by atoms with E-state index in [0.29, 0.717) is 19.3 Å². The first-order valence-corrected chi connectivity index (χ1v) is 4.56. The summed E-state index contributed by atoms with van der Waals surface area (Å²) in [6.45, 7) is 0. The van der Waals surface area contributed by atoms with Gasteiger partial charge in [0.05, 0.1) is 5.75 Å². The van der Waals surface area contributed by atoms with E-state index >= 15 is 0 Å². The number of hydrogen-bond donors (Lipinski definition) is 1. The van der Waals surface area contributed by atoms with Gasteiger partial charge in [0.15, 0.2) is 0 Å². The second-order valence-electron chi connectivity index (χ2n) is 1.95. The standard InChI is InChI=1S/C6H10O3S/c1-2-3-4-5-6-10(7,8)9/h1H,3-6H2,(H,7,8,9). The molecule has 0 aliphatic rings. The van der Waals surface area contributed by atoms with Crippen LogP contribution in [0, 0.1) is 12.3 Å². The Kier molecular flexibility index (Phi) is 4.08. The summed E-state index contributed by atoms with van der Waals surface area (Å²) in [7, 11) is -3.77. The predicted octanol–water partition coefficient (Wildman–Crippen LogP) is 0.678. The highest BCUT2D eigenvalue weighted by molar-refractivity contribution is 7.85. The molecule has 0 fully saturated rings. The van der Waals surface area contributed by atoms with Crippen molar-refractivity contribution in [1.29, 1.82) is 0 Å². The fourth-order valence-corrected chi connectivity index (χ4v) is 1.08. The molecule has 0 bridgehead atoms. The van der Waals surface area contributed by atoms with E-state index in [-0.39, 0.29) is 5.75 Å². The molecular formula is C6H10O3S. The van der Waals surface area contributed by atoms with E-state index in [1.807, 2.05) is 0 Å². The van der Waals surface area contributed by atoms with Gasteiger partial charge in [-0.05, 0) is 12.8 Å². The van der Waals surface area contributed by atoms with E-state index in [1.54, 1.807) is 0 Å². The van der Waals surface area contributed by atoms with E-state index < -0.39 is 10.1 Å². The van der Waals surface area contributed by atoms with Crippen LogP contribution in [0.5, 0.6) is 0 Å². The van der Waals surface area contributed by atoms with Gasteiger partial charge in [-0.3, -0.25) is 4.55 Å². The average molecular weight is 162 g/mol. The van der Waals surface area contributed by atoms with Gasteiger partial charge < -0.3 is 0 Å². The van der Waals surface area contributed by atoms with Gasteiger partial charge in [-0.1, -0.05) is 0 Å². The lowest BCUT2D eigenvalue weighted by molar-refractivity contribution is 0.480. The topological polar surface area (TPSA) is 54.4 Å². The maximum atomic E-state index is 10.1. The lowest BCUT2D eigenvalue weighted by Gasteiger charge is -1.92. The predicted molar refractivity (Wildman–Crippen MR) is 39.1 cm³/mol. The zero-order valence-electron chi connectivity index (χ0n) is 5.58. The lowest BCUT2D eigenvalue weighted by atomic mass is 10.3. The highest BCUT2D eigenvalue weighted by atomic mass is 32.2. The highest BCUT2D eigenvalue weighted by Gasteiger charge is 2.01. The molecule has 58 valence electrons. The van der Waals surface area contributed by atoms with Crippen molar-refractivity contribution in [1.82, 2.24) is 0 Å². The summed E-state index contributed by atoms with van der Waals surface area (Å²) in [6, 6.07) is 0. The Morgan fingerprint density at radius 1 is 1.40 bits per heavy atom. The van der Waals surface area contributed by atoms with Crippen LogP contribution in [0.2, 0.25) is 0 Å². The van der Waals surface area contributed by atoms with Crippen LogP contribution in [0.25, 0.3) is 0 Å². The molecule has 0 heterocycles. The fraction of sp³-hybridized carbons (Fsp3) is 0.667. The fourth-order valence-electron chi connectivity index (χ4n) is 0.512. The maximum absolute atomic E-state index is 10.1. The van der Waals surface area contributed by atoms with E-state index in [0.717, 1.165) is 0 Å². The van der Waals surface area contributed by atoms with Gasteiger partial charge in [-0.2, -0.15) is 8.42 Å². The largest absolute Gasteiger partial charge is 0.286 e. The third-order valence-corrected chi connectivity index (χ3v) is 1.78. The van der Waals surface area contributed by atoms with Gasteiger partial charge >= 0.3 is 0 Å². The lowest BCUT2D eigenvalue weighted by Crippen LogP contribution is -2.02. The Morgan fingerprint density at radius 3 is 2.40 bits per heavy atom. The Hall–Kier alpha value is -0.530. The van der Waals surface area contributed by atoms with Crippen molar-refractivity contribution in [2.75, 3.05) is 5.75 Å². The quantitative estimate of drug-likeness (QED) is 0.375. The molecule has 0 unspecified atom stereocenters. The molecule has 0 saturated carbocycles.